The summed E-state index contributed by atoms with van der Waals surface area (Å²) in [4.78, 5) is 11.9. The summed E-state index contributed by atoms with van der Waals surface area (Å²) in [6.07, 6.45) is 0. The van der Waals surface area contributed by atoms with Gasteiger partial charge in [-0.25, -0.2) is 0 Å². The van der Waals surface area contributed by atoms with Crippen molar-refractivity contribution in [3.8, 4) is 0 Å². The molecule has 0 atom stereocenters. The minimum atomic E-state index is -0.216. The number of nitrogens with two attached hydrogens (primary N) is 1. The van der Waals surface area contributed by atoms with Gasteiger partial charge in [0.15, 0.2) is 5.82 Å². The van der Waals surface area contributed by atoms with Gasteiger partial charge < -0.3 is 11.1 Å². The van der Waals surface area contributed by atoms with Crippen molar-refractivity contribution in [1.29, 1.82) is 0 Å². The Kier molecular flexibility index (Phi) is 2.82. The van der Waals surface area contributed by atoms with E-state index in [0.29, 0.717) is 17.1 Å². The van der Waals surface area contributed by atoms with Crippen LogP contribution in [0, 0.1) is 13.8 Å². The van der Waals surface area contributed by atoms with Crippen molar-refractivity contribution in [3.63, 3.8) is 0 Å². The Morgan fingerprint density at radius 3 is 2.65 bits per heavy atom. The van der Waals surface area contributed by atoms with E-state index in [0.717, 1.165) is 11.3 Å². The zero-order chi connectivity index (χ0) is 12.4. The molecule has 0 spiro atoms. The minimum Gasteiger partial charge on any atom is -0.399 e. The number of nitrogens with zero attached hydrogens (tertiary/aromatic N) is 1. The van der Waals surface area contributed by atoms with E-state index in [1.807, 2.05) is 19.9 Å². The molecule has 0 unspecified atom stereocenters. The van der Waals surface area contributed by atoms with Crippen LogP contribution in [0.25, 0.3) is 0 Å². The van der Waals surface area contributed by atoms with Crippen molar-refractivity contribution >= 4 is 17.4 Å². The lowest BCUT2D eigenvalue weighted by Gasteiger charge is -2.04. The second-order valence-corrected chi connectivity index (χ2v) is 4.02. The van der Waals surface area contributed by atoms with E-state index >= 15 is 0 Å². The summed E-state index contributed by atoms with van der Waals surface area (Å²) in [7, 11) is 0. The number of aromatic amines is 1. The second-order valence-electron chi connectivity index (χ2n) is 4.02. The van der Waals surface area contributed by atoms with E-state index in [1.54, 1.807) is 18.2 Å². The third kappa shape index (κ3) is 2.63. The Morgan fingerprint density at radius 1 is 1.29 bits per heavy atom. The van der Waals surface area contributed by atoms with Crippen molar-refractivity contribution < 1.29 is 4.79 Å². The van der Waals surface area contributed by atoms with Crippen molar-refractivity contribution in [3.05, 3.63) is 41.1 Å². The van der Waals surface area contributed by atoms with Crippen LogP contribution in [-0.4, -0.2) is 16.1 Å². The molecule has 0 bridgehead atoms. The number of carbonyl (C=O) groups is 1. The summed E-state index contributed by atoms with van der Waals surface area (Å²) in [6, 6.07) is 7.00. The number of carbonyl (C=O) groups excluding carboxylic acids is 1. The van der Waals surface area contributed by atoms with Gasteiger partial charge in [0.25, 0.3) is 5.91 Å². The lowest BCUT2D eigenvalue weighted by Crippen LogP contribution is -2.12. The number of amides is 1. The maximum Gasteiger partial charge on any atom is 0.256 e. The maximum absolute atomic E-state index is 11.9. The zero-order valence-corrected chi connectivity index (χ0v) is 9.74. The van der Waals surface area contributed by atoms with Gasteiger partial charge in [-0.05, 0) is 37.6 Å². The van der Waals surface area contributed by atoms with E-state index in [2.05, 4.69) is 15.5 Å². The normalized spacial score (nSPS) is 10.2. The average Bonchev–Trinajstić information content (AvgIpc) is 2.62. The number of hydrogen-bond acceptors (Lipinski definition) is 3. The van der Waals surface area contributed by atoms with Gasteiger partial charge in [-0.15, -0.1) is 0 Å². The molecular formula is C12H14N4O. The molecular weight excluding hydrogens is 216 g/mol. The Morgan fingerprint density at radius 2 is 2.06 bits per heavy atom. The summed E-state index contributed by atoms with van der Waals surface area (Å²) in [5.41, 5.74) is 8.65. The molecule has 88 valence electrons. The quantitative estimate of drug-likeness (QED) is 0.688. The molecule has 5 nitrogen and oxygen atoms in total. The molecule has 17 heavy (non-hydrogen) atoms. The number of aryl methyl sites for hydroxylation is 2. The third-order valence-corrected chi connectivity index (χ3v) is 2.31. The molecule has 0 fully saturated rings. The van der Waals surface area contributed by atoms with Gasteiger partial charge in [-0.1, -0.05) is 0 Å². The average molecular weight is 230 g/mol. The highest BCUT2D eigenvalue weighted by Crippen LogP contribution is 2.13. The molecule has 0 aliphatic heterocycles. The van der Waals surface area contributed by atoms with Crippen LogP contribution in [0.4, 0.5) is 11.5 Å². The van der Waals surface area contributed by atoms with E-state index in [-0.39, 0.29) is 5.91 Å². The molecule has 0 aliphatic rings. The highest BCUT2D eigenvalue weighted by molar-refractivity contribution is 6.04. The van der Waals surface area contributed by atoms with Crippen LogP contribution >= 0.6 is 0 Å². The van der Waals surface area contributed by atoms with E-state index in [9.17, 15) is 4.79 Å². The number of nitrogens with one attached hydrogen (secondary N) is 2. The van der Waals surface area contributed by atoms with Gasteiger partial charge in [0.2, 0.25) is 0 Å². The van der Waals surface area contributed by atoms with Crippen LogP contribution in [0.5, 0.6) is 0 Å². The molecule has 2 aromatic rings. The number of nitrogen functional groups attached to an aromatic ring is 1. The number of H-pyrrole nitrogens is 1. The summed E-state index contributed by atoms with van der Waals surface area (Å²) < 4.78 is 0. The fraction of sp³-hybridized carbons (Fsp3) is 0.167. The monoisotopic (exact) mass is 230 g/mol. The first kappa shape index (κ1) is 11.2. The van der Waals surface area contributed by atoms with Gasteiger partial charge in [-0.2, -0.15) is 5.10 Å². The number of hydrogen-bond donors (Lipinski definition) is 3. The topological polar surface area (TPSA) is 83.8 Å². The largest absolute Gasteiger partial charge is 0.399 e. The van der Waals surface area contributed by atoms with E-state index < -0.39 is 0 Å². The lowest BCUT2D eigenvalue weighted by atomic mass is 10.1. The van der Waals surface area contributed by atoms with E-state index in [4.69, 9.17) is 5.73 Å². The second kappa shape index (κ2) is 4.29. The van der Waals surface area contributed by atoms with E-state index in [1.165, 1.54) is 0 Å². The SMILES string of the molecule is Cc1cc(N)cc(C(=O)Nc2cc(C)[nH]n2)c1. The van der Waals surface area contributed by atoms with Crippen LogP contribution in [0.1, 0.15) is 21.6 Å². The van der Waals surface area contributed by atoms with Crippen molar-refractivity contribution in [2.24, 2.45) is 0 Å². The number of anilines is 2. The molecule has 1 aromatic carbocycles. The standard InChI is InChI=1S/C12H14N4O/c1-7-3-9(6-10(13)4-7)12(17)14-11-5-8(2)15-16-11/h3-6H,13H2,1-2H3,(H2,14,15,16,17). The number of benzene rings is 1. The number of rotatable bonds is 2. The number of aromatic nitrogens is 2. The van der Waals surface area contributed by atoms with Crippen LogP contribution < -0.4 is 11.1 Å². The Labute approximate surface area is 99.0 Å². The minimum absolute atomic E-state index is 0.216. The van der Waals surface area contributed by atoms with Crippen molar-refractivity contribution in [2.75, 3.05) is 11.1 Å². The molecule has 1 aromatic heterocycles. The molecule has 1 heterocycles. The molecule has 0 radical (unpaired) electrons. The molecule has 0 saturated carbocycles. The molecule has 4 N–H and O–H groups in total. The Hall–Kier alpha value is -2.30. The first-order valence-electron chi connectivity index (χ1n) is 5.25. The predicted octanol–water partition coefficient (Wildman–Crippen LogP) is 1.86. The van der Waals surface area contributed by atoms with Gasteiger partial charge in [0.1, 0.15) is 0 Å². The third-order valence-electron chi connectivity index (χ3n) is 2.31. The summed E-state index contributed by atoms with van der Waals surface area (Å²) in [6.45, 7) is 3.76. The summed E-state index contributed by atoms with van der Waals surface area (Å²) >= 11 is 0. The van der Waals surface area contributed by atoms with Gasteiger partial charge in [0.05, 0.1) is 0 Å². The smallest absolute Gasteiger partial charge is 0.256 e. The first-order valence-corrected chi connectivity index (χ1v) is 5.25. The molecule has 5 heteroatoms. The van der Waals surface area contributed by atoms with Gasteiger partial charge >= 0.3 is 0 Å². The fourth-order valence-electron chi connectivity index (χ4n) is 1.61. The van der Waals surface area contributed by atoms with Crippen LogP contribution in [0.15, 0.2) is 24.3 Å². The highest BCUT2D eigenvalue weighted by atomic mass is 16.1. The Balaban J connectivity index is 2.19. The zero-order valence-electron chi connectivity index (χ0n) is 9.74. The molecule has 0 saturated heterocycles. The van der Waals surface area contributed by atoms with Crippen LogP contribution in [-0.2, 0) is 0 Å². The molecule has 0 aliphatic carbocycles. The maximum atomic E-state index is 11.9. The lowest BCUT2D eigenvalue weighted by molar-refractivity contribution is 0.102. The summed E-state index contributed by atoms with van der Waals surface area (Å²) in [5, 5.41) is 9.39. The summed E-state index contributed by atoms with van der Waals surface area (Å²) in [5.74, 6) is 0.291. The van der Waals surface area contributed by atoms with Crippen molar-refractivity contribution in [2.45, 2.75) is 13.8 Å². The van der Waals surface area contributed by atoms with Gasteiger partial charge in [-0.3, -0.25) is 9.89 Å². The molecule has 1 amide bonds. The first-order chi connectivity index (χ1) is 8.04. The molecule has 2 rings (SSSR count). The van der Waals surface area contributed by atoms with Crippen molar-refractivity contribution in [1.82, 2.24) is 10.2 Å². The Bertz CT molecular complexity index is 539. The fourth-order valence-corrected chi connectivity index (χ4v) is 1.61. The van der Waals surface area contributed by atoms with Gasteiger partial charge in [0, 0.05) is 23.0 Å². The predicted molar refractivity (Wildman–Crippen MR) is 66.9 cm³/mol. The van der Waals surface area contributed by atoms with Crippen LogP contribution in [0.3, 0.4) is 0 Å². The van der Waals surface area contributed by atoms with Crippen LogP contribution in [0.2, 0.25) is 0 Å². The highest BCUT2D eigenvalue weighted by Gasteiger charge is 2.08.